The molecule has 0 saturated heterocycles. The third-order valence-corrected chi connectivity index (χ3v) is 3.12. The highest BCUT2D eigenvalue weighted by atomic mass is 16.6. The van der Waals surface area contributed by atoms with Crippen LogP contribution in [0.15, 0.2) is 12.1 Å². The Balaban J connectivity index is 2.22. The molecule has 0 spiro atoms. The smallest absolute Gasteiger partial charge is 0.311 e. The number of nitro groups is 1. The number of hydrogen-bond donors (Lipinski definition) is 2. The Hall–Kier alpha value is -2.18. The van der Waals surface area contributed by atoms with Crippen LogP contribution in [0.25, 0.3) is 0 Å². The van der Waals surface area contributed by atoms with E-state index in [1.165, 1.54) is 6.07 Å². The van der Waals surface area contributed by atoms with Crippen molar-refractivity contribution in [2.75, 3.05) is 5.32 Å². The Morgan fingerprint density at radius 1 is 1.63 bits per heavy atom. The molecule has 1 aromatic heterocycles. The SMILES string of the molecule is Cc1ccc([N+](=O)[O-])c(NC(CC(=O)O)C2CC2)n1. The van der Waals surface area contributed by atoms with Crippen LogP contribution in [-0.2, 0) is 4.79 Å². The average molecular weight is 265 g/mol. The van der Waals surface area contributed by atoms with E-state index in [2.05, 4.69) is 10.3 Å². The topological polar surface area (TPSA) is 105 Å². The number of carboxylic acids is 1. The van der Waals surface area contributed by atoms with E-state index in [-0.39, 0.29) is 29.9 Å². The van der Waals surface area contributed by atoms with Crippen molar-refractivity contribution in [3.8, 4) is 0 Å². The fraction of sp³-hybridized carbons (Fsp3) is 0.500. The van der Waals surface area contributed by atoms with Crippen LogP contribution in [0.3, 0.4) is 0 Å². The van der Waals surface area contributed by atoms with Gasteiger partial charge in [0.15, 0.2) is 0 Å². The average Bonchev–Trinajstić information content (AvgIpc) is 3.10. The molecular formula is C12H15N3O4. The largest absolute Gasteiger partial charge is 0.481 e. The molecule has 102 valence electrons. The van der Waals surface area contributed by atoms with Gasteiger partial charge in [-0.2, -0.15) is 0 Å². The van der Waals surface area contributed by atoms with Gasteiger partial charge in [-0.05, 0) is 31.7 Å². The molecule has 1 aliphatic carbocycles. The summed E-state index contributed by atoms with van der Waals surface area (Å²) in [7, 11) is 0. The summed E-state index contributed by atoms with van der Waals surface area (Å²) < 4.78 is 0. The second-order valence-corrected chi connectivity index (χ2v) is 4.76. The number of hydrogen-bond acceptors (Lipinski definition) is 5. The zero-order chi connectivity index (χ0) is 14.0. The Kier molecular flexibility index (Phi) is 3.64. The van der Waals surface area contributed by atoms with E-state index in [1.54, 1.807) is 13.0 Å². The lowest BCUT2D eigenvalue weighted by Crippen LogP contribution is -2.26. The summed E-state index contributed by atoms with van der Waals surface area (Å²) in [5, 5.41) is 22.7. The van der Waals surface area contributed by atoms with Gasteiger partial charge < -0.3 is 10.4 Å². The summed E-state index contributed by atoms with van der Waals surface area (Å²) >= 11 is 0. The van der Waals surface area contributed by atoms with Gasteiger partial charge in [0.2, 0.25) is 5.82 Å². The molecule has 0 aliphatic heterocycles. The minimum absolute atomic E-state index is 0.0581. The van der Waals surface area contributed by atoms with Gasteiger partial charge in [0, 0.05) is 17.8 Å². The van der Waals surface area contributed by atoms with Crippen molar-refractivity contribution < 1.29 is 14.8 Å². The molecule has 0 amide bonds. The van der Waals surface area contributed by atoms with Gasteiger partial charge in [-0.15, -0.1) is 0 Å². The van der Waals surface area contributed by atoms with Crippen LogP contribution < -0.4 is 5.32 Å². The molecule has 0 aromatic carbocycles. The van der Waals surface area contributed by atoms with E-state index in [0.717, 1.165) is 12.8 Å². The van der Waals surface area contributed by atoms with Gasteiger partial charge in [-0.1, -0.05) is 0 Å². The monoisotopic (exact) mass is 265 g/mol. The Bertz CT molecular complexity index is 514. The fourth-order valence-corrected chi connectivity index (χ4v) is 2.00. The first-order valence-electron chi connectivity index (χ1n) is 6.07. The Morgan fingerprint density at radius 3 is 2.84 bits per heavy atom. The number of aliphatic carboxylic acids is 1. The number of pyridine rings is 1. The van der Waals surface area contributed by atoms with Crippen molar-refractivity contribution in [2.45, 2.75) is 32.2 Å². The Morgan fingerprint density at radius 2 is 2.32 bits per heavy atom. The minimum Gasteiger partial charge on any atom is -0.481 e. The number of aryl methyl sites for hydroxylation is 1. The van der Waals surface area contributed by atoms with Gasteiger partial charge in [0.1, 0.15) is 0 Å². The summed E-state index contributed by atoms with van der Waals surface area (Å²) in [5.41, 5.74) is 0.527. The first-order valence-corrected chi connectivity index (χ1v) is 6.07. The molecule has 2 rings (SSSR count). The van der Waals surface area contributed by atoms with Crippen molar-refractivity contribution >= 4 is 17.5 Å². The van der Waals surface area contributed by atoms with Crippen LogP contribution in [0.1, 0.15) is 25.0 Å². The lowest BCUT2D eigenvalue weighted by molar-refractivity contribution is -0.384. The van der Waals surface area contributed by atoms with E-state index >= 15 is 0 Å². The van der Waals surface area contributed by atoms with Crippen LogP contribution in [0.4, 0.5) is 11.5 Å². The van der Waals surface area contributed by atoms with Crippen LogP contribution in [-0.4, -0.2) is 27.0 Å². The lowest BCUT2D eigenvalue weighted by atomic mass is 10.1. The fourth-order valence-electron chi connectivity index (χ4n) is 2.00. The molecular weight excluding hydrogens is 250 g/mol. The number of carboxylic acid groups (broad SMARTS) is 1. The first kappa shape index (κ1) is 13.3. The van der Waals surface area contributed by atoms with Crippen LogP contribution in [0.2, 0.25) is 0 Å². The van der Waals surface area contributed by atoms with Crippen LogP contribution in [0.5, 0.6) is 0 Å². The number of carbonyl (C=O) groups is 1. The maximum Gasteiger partial charge on any atom is 0.311 e. The summed E-state index contributed by atoms with van der Waals surface area (Å²) in [5.74, 6) is -0.499. The van der Waals surface area contributed by atoms with E-state index in [0.29, 0.717) is 5.69 Å². The number of aromatic nitrogens is 1. The van der Waals surface area contributed by atoms with Gasteiger partial charge in [-0.25, -0.2) is 4.98 Å². The Labute approximate surface area is 109 Å². The van der Waals surface area contributed by atoms with Gasteiger partial charge in [-0.3, -0.25) is 14.9 Å². The molecule has 1 unspecified atom stereocenters. The number of nitrogens with zero attached hydrogens (tertiary/aromatic N) is 2. The molecule has 1 aromatic rings. The predicted molar refractivity (Wildman–Crippen MR) is 68.0 cm³/mol. The molecule has 1 heterocycles. The van der Waals surface area contributed by atoms with Gasteiger partial charge in [0.05, 0.1) is 11.3 Å². The van der Waals surface area contributed by atoms with E-state index in [9.17, 15) is 14.9 Å². The summed E-state index contributed by atoms with van der Waals surface area (Å²) in [4.78, 5) is 25.3. The molecule has 1 saturated carbocycles. The van der Waals surface area contributed by atoms with E-state index in [4.69, 9.17) is 5.11 Å². The van der Waals surface area contributed by atoms with Crippen LogP contribution >= 0.6 is 0 Å². The third kappa shape index (κ3) is 3.40. The van der Waals surface area contributed by atoms with Crippen molar-refractivity contribution in [1.82, 2.24) is 4.98 Å². The van der Waals surface area contributed by atoms with Crippen molar-refractivity contribution in [2.24, 2.45) is 5.92 Å². The quantitative estimate of drug-likeness (QED) is 0.601. The summed E-state index contributed by atoms with van der Waals surface area (Å²) in [6, 6.07) is 2.65. The summed E-state index contributed by atoms with van der Waals surface area (Å²) in [6.07, 6.45) is 1.84. The molecule has 1 fully saturated rings. The predicted octanol–water partition coefficient (Wildman–Crippen LogP) is 1.96. The highest BCUT2D eigenvalue weighted by molar-refractivity contribution is 5.69. The maximum atomic E-state index is 10.9. The highest BCUT2D eigenvalue weighted by Crippen LogP contribution is 2.36. The van der Waals surface area contributed by atoms with Crippen molar-refractivity contribution in [3.05, 3.63) is 27.9 Å². The third-order valence-electron chi connectivity index (χ3n) is 3.12. The summed E-state index contributed by atoms with van der Waals surface area (Å²) in [6.45, 7) is 1.73. The van der Waals surface area contributed by atoms with Gasteiger partial charge >= 0.3 is 11.7 Å². The molecule has 2 N–H and O–H groups in total. The standard InChI is InChI=1S/C12H15N3O4/c1-7-2-5-10(15(18)19)12(13-7)14-9(6-11(16)17)8-3-4-8/h2,5,8-9H,3-4,6H2,1H3,(H,13,14)(H,16,17). The second kappa shape index (κ2) is 5.21. The maximum absolute atomic E-state index is 10.9. The molecule has 0 radical (unpaired) electrons. The second-order valence-electron chi connectivity index (χ2n) is 4.76. The molecule has 7 nitrogen and oxygen atoms in total. The number of rotatable bonds is 6. The van der Waals surface area contributed by atoms with E-state index < -0.39 is 10.9 Å². The molecule has 7 heteroatoms. The molecule has 1 aliphatic rings. The van der Waals surface area contributed by atoms with Crippen molar-refractivity contribution in [3.63, 3.8) is 0 Å². The lowest BCUT2D eigenvalue weighted by Gasteiger charge is -2.16. The van der Waals surface area contributed by atoms with E-state index in [1.807, 2.05) is 0 Å². The van der Waals surface area contributed by atoms with Crippen molar-refractivity contribution in [1.29, 1.82) is 0 Å². The molecule has 0 bridgehead atoms. The first-order chi connectivity index (χ1) is 8.97. The number of anilines is 1. The normalized spacial score (nSPS) is 15.8. The zero-order valence-corrected chi connectivity index (χ0v) is 10.5. The molecule has 19 heavy (non-hydrogen) atoms. The zero-order valence-electron chi connectivity index (χ0n) is 10.5. The molecule has 1 atom stereocenters. The van der Waals surface area contributed by atoms with Gasteiger partial charge in [0.25, 0.3) is 0 Å². The van der Waals surface area contributed by atoms with Crippen LogP contribution in [0, 0.1) is 23.0 Å². The highest BCUT2D eigenvalue weighted by Gasteiger charge is 2.34. The number of nitrogens with one attached hydrogen (secondary N) is 1. The minimum atomic E-state index is -0.917.